The number of benzene rings is 2. The van der Waals surface area contributed by atoms with E-state index >= 15 is 0 Å². The van der Waals surface area contributed by atoms with Crippen LogP contribution in [0.25, 0.3) is 6.08 Å². The SMILES string of the molecule is CC(C)(C)[Si](C)(C)O[C@@H]1c2ccccc2C=C[C@H]1CC(=O)c1ccccc1. The van der Waals surface area contributed by atoms with E-state index in [1.54, 1.807) is 0 Å². The molecule has 0 spiro atoms. The van der Waals surface area contributed by atoms with Gasteiger partial charge in [-0.25, -0.2) is 0 Å². The van der Waals surface area contributed by atoms with Crippen LogP contribution in [-0.2, 0) is 4.43 Å². The van der Waals surface area contributed by atoms with Crippen LogP contribution in [0.15, 0.2) is 60.7 Å². The highest BCUT2D eigenvalue weighted by Crippen LogP contribution is 2.45. The van der Waals surface area contributed by atoms with Crippen LogP contribution in [0, 0.1) is 5.92 Å². The molecule has 0 aliphatic heterocycles. The fourth-order valence-electron chi connectivity index (χ4n) is 3.26. The summed E-state index contributed by atoms with van der Waals surface area (Å²) in [5, 5.41) is 0.122. The summed E-state index contributed by atoms with van der Waals surface area (Å²) < 4.78 is 6.85. The molecule has 0 N–H and O–H groups in total. The fourth-order valence-corrected chi connectivity index (χ4v) is 4.55. The quantitative estimate of drug-likeness (QED) is 0.429. The third kappa shape index (κ3) is 4.31. The predicted molar refractivity (Wildman–Crippen MR) is 115 cm³/mol. The van der Waals surface area contributed by atoms with E-state index in [9.17, 15) is 4.79 Å². The Bertz CT molecular complexity index is 831. The molecule has 0 radical (unpaired) electrons. The topological polar surface area (TPSA) is 26.3 Å². The highest BCUT2D eigenvalue weighted by Gasteiger charge is 2.42. The molecular weight excluding hydrogens is 348 g/mol. The fraction of sp³-hybridized carbons (Fsp3) is 0.375. The average molecular weight is 379 g/mol. The number of Topliss-reactive ketones (excluding diaryl/α,β-unsaturated/α-hetero) is 1. The van der Waals surface area contributed by atoms with Gasteiger partial charge in [0.05, 0.1) is 6.10 Å². The predicted octanol–water partition coefficient (Wildman–Crippen LogP) is 6.67. The van der Waals surface area contributed by atoms with Gasteiger partial charge in [0.1, 0.15) is 0 Å². The minimum absolute atomic E-state index is 0.0572. The zero-order chi connectivity index (χ0) is 19.7. The first-order valence-corrected chi connectivity index (χ1v) is 12.6. The summed E-state index contributed by atoms with van der Waals surface area (Å²) in [4.78, 5) is 12.9. The van der Waals surface area contributed by atoms with Gasteiger partial charge in [-0.3, -0.25) is 4.79 Å². The summed E-state index contributed by atoms with van der Waals surface area (Å²) in [5.74, 6) is 0.232. The molecule has 2 atom stereocenters. The summed E-state index contributed by atoms with van der Waals surface area (Å²) in [5.41, 5.74) is 3.18. The molecular formula is C24H30O2Si. The van der Waals surface area contributed by atoms with Crippen molar-refractivity contribution in [2.24, 2.45) is 5.92 Å². The summed E-state index contributed by atoms with van der Waals surface area (Å²) >= 11 is 0. The third-order valence-corrected chi connectivity index (χ3v) is 10.4. The van der Waals surface area contributed by atoms with Gasteiger partial charge in [0.15, 0.2) is 14.1 Å². The van der Waals surface area contributed by atoms with Gasteiger partial charge in [-0.1, -0.05) is 87.5 Å². The van der Waals surface area contributed by atoms with Crippen molar-refractivity contribution >= 4 is 20.2 Å². The van der Waals surface area contributed by atoms with Crippen molar-refractivity contribution in [1.29, 1.82) is 0 Å². The second-order valence-electron chi connectivity index (χ2n) is 8.94. The Morgan fingerprint density at radius 3 is 2.30 bits per heavy atom. The lowest BCUT2D eigenvalue weighted by atomic mass is 9.83. The molecule has 142 valence electrons. The van der Waals surface area contributed by atoms with Crippen LogP contribution in [0.1, 0.15) is 54.8 Å². The Kier molecular flexibility index (Phi) is 5.54. The zero-order valence-corrected chi connectivity index (χ0v) is 18.0. The van der Waals surface area contributed by atoms with Crippen molar-refractivity contribution in [2.75, 3.05) is 0 Å². The van der Waals surface area contributed by atoms with Gasteiger partial charge < -0.3 is 4.43 Å². The Morgan fingerprint density at radius 2 is 1.63 bits per heavy atom. The Morgan fingerprint density at radius 1 is 1.00 bits per heavy atom. The highest BCUT2D eigenvalue weighted by atomic mass is 28.4. The number of hydrogen-bond donors (Lipinski definition) is 0. The highest BCUT2D eigenvalue weighted by molar-refractivity contribution is 6.74. The number of ketones is 1. The number of hydrogen-bond acceptors (Lipinski definition) is 2. The van der Waals surface area contributed by atoms with Crippen LogP contribution in [0.3, 0.4) is 0 Å². The maximum absolute atomic E-state index is 12.9. The number of fused-ring (bicyclic) bond motifs is 1. The molecule has 0 aromatic heterocycles. The average Bonchev–Trinajstić information content (AvgIpc) is 2.63. The van der Waals surface area contributed by atoms with Gasteiger partial charge in [-0.2, -0.15) is 0 Å². The van der Waals surface area contributed by atoms with Crippen molar-refractivity contribution in [3.63, 3.8) is 0 Å². The summed E-state index contributed by atoms with van der Waals surface area (Å²) in [6.45, 7) is 11.3. The number of carbonyl (C=O) groups is 1. The van der Waals surface area contributed by atoms with Gasteiger partial charge in [0.2, 0.25) is 0 Å². The molecule has 27 heavy (non-hydrogen) atoms. The normalized spacial score (nSPS) is 19.6. The van der Waals surface area contributed by atoms with Crippen molar-refractivity contribution in [2.45, 2.75) is 51.4 Å². The first-order valence-electron chi connectivity index (χ1n) is 9.72. The minimum atomic E-state index is -1.98. The van der Waals surface area contributed by atoms with Crippen molar-refractivity contribution in [3.05, 3.63) is 77.4 Å². The monoisotopic (exact) mass is 378 g/mol. The van der Waals surface area contributed by atoms with Crippen LogP contribution < -0.4 is 0 Å². The molecule has 0 heterocycles. The van der Waals surface area contributed by atoms with Gasteiger partial charge in [-0.05, 0) is 29.3 Å². The van der Waals surface area contributed by atoms with Gasteiger partial charge in [0.25, 0.3) is 0 Å². The molecule has 0 amide bonds. The van der Waals surface area contributed by atoms with E-state index in [1.807, 2.05) is 30.3 Å². The second kappa shape index (κ2) is 7.57. The van der Waals surface area contributed by atoms with Crippen LogP contribution in [0.5, 0.6) is 0 Å². The first kappa shape index (κ1) is 19.8. The standard InChI is InChI=1S/C24H30O2Si/c1-24(2,3)27(4,5)26-23-20(16-15-18-11-9-10-14-21(18)23)17-22(25)19-12-7-6-8-13-19/h6-16,20,23H,17H2,1-5H3/t20-,23-/m0/s1. The Hall–Kier alpha value is -1.97. The molecule has 2 aromatic carbocycles. The molecule has 0 unspecified atom stereocenters. The van der Waals surface area contributed by atoms with Crippen molar-refractivity contribution < 1.29 is 9.22 Å². The number of carbonyl (C=O) groups excluding carboxylic acids is 1. The van der Waals surface area contributed by atoms with Crippen LogP contribution in [-0.4, -0.2) is 14.1 Å². The molecule has 0 saturated carbocycles. The van der Waals surface area contributed by atoms with Crippen LogP contribution in [0.2, 0.25) is 18.1 Å². The maximum atomic E-state index is 12.9. The second-order valence-corrected chi connectivity index (χ2v) is 13.7. The van der Waals surface area contributed by atoms with Gasteiger partial charge in [0, 0.05) is 17.9 Å². The summed E-state index contributed by atoms with van der Waals surface area (Å²) in [7, 11) is -1.98. The van der Waals surface area contributed by atoms with E-state index in [2.05, 4.69) is 70.3 Å². The van der Waals surface area contributed by atoms with E-state index in [1.165, 1.54) is 11.1 Å². The van der Waals surface area contributed by atoms with Crippen molar-refractivity contribution in [1.82, 2.24) is 0 Å². The number of rotatable bonds is 5. The molecule has 0 bridgehead atoms. The van der Waals surface area contributed by atoms with Crippen molar-refractivity contribution in [3.8, 4) is 0 Å². The maximum Gasteiger partial charge on any atom is 0.192 e. The lowest BCUT2D eigenvalue weighted by Crippen LogP contribution is -2.43. The van der Waals surface area contributed by atoms with Gasteiger partial charge >= 0.3 is 0 Å². The summed E-state index contributed by atoms with van der Waals surface area (Å²) in [6.07, 6.45) is 4.71. The minimum Gasteiger partial charge on any atom is -0.409 e. The van der Waals surface area contributed by atoms with E-state index in [4.69, 9.17) is 4.43 Å². The smallest absolute Gasteiger partial charge is 0.192 e. The van der Waals surface area contributed by atoms with E-state index < -0.39 is 8.32 Å². The van der Waals surface area contributed by atoms with E-state index in [-0.39, 0.29) is 22.8 Å². The molecule has 2 nitrogen and oxygen atoms in total. The molecule has 2 aromatic rings. The molecule has 0 fully saturated rings. The summed E-state index contributed by atoms with van der Waals surface area (Å²) in [6, 6.07) is 18.0. The Labute approximate surface area is 164 Å². The Balaban J connectivity index is 1.91. The largest absolute Gasteiger partial charge is 0.409 e. The van der Waals surface area contributed by atoms with Crippen LogP contribution >= 0.6 is 0 Å². The van der Waals surface area contributed by atoms with E-state index in [0.29, 0.717) is 6.42 Å². The van der Waals surface area contributed by atoms with Gasteiger partial charge in [-0.15, -0.1) is 0 Å². The molecule has 3 heteroatoms. The van der Waals surface area contributed by atoms with E-state index in [0.717, 1.165) is 5.56 Å². The molecule has 0 saturated heterocycles. The van der Waals surface area contributed by atoms with Crippen LogP contribution in [0.4, 0.5) is 0 Å². The third-order valence-electron chi connectivity index (χ3n) is 5.96. The lowest BCUT2D eigenvalue weighted by Gasteiger charge is -2.42. The molecule has 1 aliphatic rings. The molecule has 1 aliphatic carbocycles. The lowest BCUT2D eigenvalue weighted by molar-refractivity contribution is 0.0886. The molecule has 3 rings (SSSR count). The first-order chi connectivity index (χ1) is 12.7. The zero-order valence-electron chi connectivity index (χ0n) is 17.0.